The fourth-order valence-corrected chi connectivity index (χ4v) is 4.15. The van der Waals surface area contributed by atoms with Crippen molar-refractivity contribution in [1.29, 1.82) is 0 Å². The summed E-state index contributed by atoms with van der Waals surface area (Å²) in [6.07, 6.45) is 0. The Balaban J connectivity index is 1.78. The number of anilines is 1. The number of methoxy groups -OCH3 is 2. The maximum Gasteiger partial charge on any atom is 0.268 e. The molecular formula is C23H25ClN2O5S. The molecule has 2 aromatic carbocycles. The predicted octanol–water partition coefficient (Wildman–Crippen LogP) is 4.00. The number of amides is 2. The molecule has 0 spiro atoms. The zero-order valence-electron chi connectivity index (χ0n) is 18.1. The van der Waals surface area contributed by atoms with Crippen molar-refractivity contribution in [2.45, 2.75) is 13.5 Å². The highest BCUT2D eigenvalue weighted by molar-refractivity contribution is 8.04. The molecule has 9 heteroatoms. The number of hydrogen-bond donors (Lipinski definition) is 1. The van der Waals surface area contributed by atoms with Crippen molar-refractivity contribution < 1.29 is 23.8 Å². The van der Waals surface area contributed by atoms with Crippen LogP contribution in [0.5, 0.6) is 11.5 Å². The van der Waals surface area contributed by atoms with E-state index in [2.05, 4.69) is 5.32 Å². The van der Waals surface area contributed by atoms with Gasteiger partial charge < -0.3 is 19.5 Å². The Kier molecular flexibility index (Phi) is 8.30. The lowest BCUT2D eigenvalue weighted by molar-refractivity contribution is -0.122. The molecule has 0 unspecified atom stereocenters. The smallest absolute Gasteiger partial charge is 0.268 e. The topological polar surface area (TPSA) is 77.1 Å². The number of carbonyl (C=O) groups excluding carboxylic acids is 2. The summed E-state index contributed by atoms with van der Waals surface area (Å²) in [4.78, 5) is 28.1. The number of nitrogens with zero attached hydrogens (tertiary/aromatic N) is 1. The van der Waals surface area contributed by atoms with E-state index in [1.807, 2.05) is 0 Å². The number of nitrogens with one attached hydrogen (secondary N) is 1. The standard InChI is InChI=1S/C23H25ClN2O5S/c1-15-22(32-11-10-31-15)23(28)26(18-6-4-17(24)5-7-18)14-21(27)25-13-16-12-19(29-2)8-9-20(16)30-3/h4-9,12H,10-11,13-14H2,1-3H3,(H,25,27). The van der Waals surface area contributed by atoms with Crippen LogP contribution in [0.4, 0.5) is 5.69 Å². The lowest BCUT2D eigenvalue weighted by atomic mass is 10.2. The highest BCUT2D eigenvalue weighted by Crippen LogP contribution is 2.30. The third-order valence-corrected chi connectivity index (χ3v) is 6.18. The second-order valence-electron chi connectivity index (χ2n) is 6.90. The summed E-state index contributed by atoms with van der Waals surface area (Å²) in [5.74, 6) is 1.92. The molecular weight excluding hydrogens is 452 g/mol. The maximum absolute atomic E-state index is 13.3. The molecule has 1 N–H and O–H groups in total. The molecule has 0 bridgehead atoms. The van der Waals surface area contributed by atoms with Crippen LogP contribution in [0.2, 0.25) is 5.02 Å². The zero-order chi connectivity index (χ0) is 23.1. The predicted molar refractivity (Wildman–Crippen MR) is 126 cm³/mol. The lowest BCUT2D eigenvalue weighted by Gasteiger charge is -2.26. The molecule has 1 heterocycles. The molecule has 2 aromatic rings. The number of halogens is 1. The minimum atomic E-state index is -0.321. The Morgan fingerprint density at radius 1 is 1.16 bits per heavy atom. The van der Waals surface area contributed by atoms with E-state index in [4.69, 9.17) is 25.8 Å². The first-order valence-electron chi connectivity index (χ1n) is 9.94. The van der Waals surface area contributed by atoms with Crippen molar-refractivity contribution in [3.63, 3.8) is 0 Å². The summed E-state index contributed by atoms with van der Waals surface area (Å²) in [6, 6.07) is 12.1. The first-order valence-corrected chi connectivity index (χ1v) is 11.3. The Bertz CT molecular complexity index is 1010. The van der Waals surface area contributed by atoms with E-state index in [9.17, 15) is 9.59 Å². The van der Waals surface area contributed by atoms with E-state index in [-0.39, 0.29) is 24.9 Å². The molecule has 0 aliphatic carbocycles. The second-order valence-corrected chi connectivity index (χ2v) is 8.45. The fourth-order valence-electron chi connectivity index (χ4n) is 3.16. The molecule has 170 valence electrons. The molecule has 1 aliphatic heterocycles. The van der Waals surface area contributed by atoms with Gasteiger partial charge in [-0.2, -0.15) is 0 Å². The second kappa shape index (κ2) is 11.2. The molecule has 0 saturated carbocycles. The molecule has 7 nitrogen and oxygen atoms in total. The molecule has 3 rings (SSSR count). The molecule has 0 atom stereocenters. The fraction of sp³-hybridized carbons (Fsp3) is 0.304. The van der Waals surface area contributed by atoms with Gasteiger partial charge in [0, 0.05) is 28.6 Å². The Hall–Kier alpha value is -2.84. The van der Waals surface area contributed by atoms with Crippen molar-refractivity contribution in [1.82, 2.24) is 5.32 Å². The van der Waals surface area contributed by atoms with Crippen LogP contribution >= 0.6 is 23.4 Å². The third-order valence-electron chi connectivity index (χ3n) is 4.81. The number of rotatable bonds is 8. The van der Waals surface area contributed by atoms with E-state index < -0.39 is 0 Å². The number of allylic oxidation sites excluding steroid dienone is 1. The molecule has 0 aromatic heterocycles. The highest BCUT2D eigenvalue weighted by atomic mass is 35.5. The van der Waals surface area contributed by atoms with Crippen LogP contribution in [-0.2, 0) is 20.9 Å². The molecule has 0 fully saturated rings. The summed E-state index contributed by atoms with van der Waals surface area (Å²) < 4.78 is 16.2. The van der Waals surface area contributed by atoms with Gasteiger partial charge in [0.1, 0.15) is 28.7 Å². The van der Waals surface area contributed by atoms with E-state index in [0.29, 0.717) is 45.2 Å². The van der Waals surface area contributed by atoms with Crippen LogP contribution in [0.3, 0.4) is 0 Å². The number of ether oxygens (including phenoxy) is 3. The largest absolute Gasteiger partial charge is 0.497 e. The first kappa shape index (κ1) is 23.8. The van der Waals surface area contributed by atoms with Gasteiger partial charge in [-0.3, -0.25) is 14.5 Å². The average Bonchev–Trinajstić information content (AvgIpc) is 2.81. The number of thioether (sulfide) groups is 1. The van der Waals surface area contributed by atoms with Crippen LogP contribution in [-0.4, -0.2) is 44.9 Å². The quantitative estimate of drug-likeness (QED) is 0.620. The van der Waals surface area contributed by atoms with Crippen LogP contribution < -0.4 is 19.7 Å². The summed E-state index contributed by atoms with van der Waals surface area (Å²) in [5, 5.41) is 3.40. The molecule has 2 amide bonds. The van der Waals surface area contributed by atoms with E-state index in [1.165, 1.54) is 16.7 Å². The Morgan fingerprint density at radius 2 is 1.91 bits per heavy atom. The highest BCUT2D eigenvalue weighted by Gasteiger charge is 2.27. The SMILES string of the molecule is COc1ccc(OC)c(CNC(=O)CN(C(=O)C2=C(C)OCCS2)c2ccc(Cl)cc2)c1. The van der Waals surface area contributed by atoms with Crippen LogP contribution in [0.1, 0.15) is 12.5 Å². The lowest BCUT2D eigenvalue weighted by Crippen LogP contribution is -2.41. The van der Waals surface area contributed by atoms with Gasteiger partial charge in [-0.05, 0) is 49.4 Å². The van der Waals surface area contributed by atoms with Crippen LogP contribution in [0.15, 0.2) is 53.1 Å². The summed E-state index contributed by atoms with van der Waals surface area (Å²) >= 11 is 7.43. The summed E-state index contributed by atoms with van der Waals surface area (Å²) in [5.41, 5.74) is 1.33. The molecule has 32 heavy (non-hydrogen) atoms. The van der Waals surface area contributed by atoms with Crippen molar-refractivity contribution in [2.24, 2.45) is 0 Å². The first-order chi connectivity index (χ1) is 15.4. The van der Waals surface area contributed by atoms with Crippen molar-refractivity contribution >= 4 is 40.9 Å². The molecule has 0 radical (unpaired) electrons. The van der Waals surface area contributed by atoms with Gasteiger partial charge in [0.05, 0.1) is 20.8 Å². The zero-order valence-corrected chi connectivity index (χ0v) is 19.7. The summed E-state index contributed by atoms with van der Waals surface area (Å²) in [7, 11) is 3.14. The van der Waals surface area contributed by atoms with E-state index in [0.717, 1.165) is 5.56 Å². The van der Waals surface area contributed by atoms with Crippen LogP contribution in [0.25, 0.3) is 0 Å². The number of hydrogen-bond acceptors (Lipinski definition) is 6. The normalized spacial score (nSPS) is 13.2. The summed E-state index contributed by atoms with van der Waals surface area (Å²) in [6.45, 7) is 2.37. The van der Waals surface area contributed by atoms with Gasteiger partial charge in [-0.15, -0.1) is 11.8 Å². The monoisotopic (exact) mass is 476 g/mol. The number of carbonyl (C=O) groups is 2. The third kappa shape index (κ3) is 5.89. The van der Waals surface area contributed by atoms with Gasteiger partial charge in [0.2, 0.25) is 5.91 Å². The van der Waals surface area contributed by atoms with Gasteiger partial charge in [0.25, 0.3) is 5.91 Å². The van der Waals surface area contributed by atoms with Crippen molar-refractivity contribution in [3.8, 4) is 11.5 Å². The number of benzene rings is 2. The Labute approximate surface area is 196 Å². The van der Waals surface area contributed by atoms with Crippen molar-refractivity contribution in [3.05, 3.63) is 63.7 Å². The van der Waals surface area contributed by atoms with Gasteiger partial charge >= 0.3 is 0 Å². The maximum atomic E-state index is 13.3. The van der Waals surface area contributed by atoms with Gasteiger partial charge in [-0.1, -0.05) is 11.6 Å². The van der Waals surface area contributed by atoms with Gasteiger partial charge in [0.15, 0.2) is 0 Å². The van der Waals surface area contributed by atoms with Gasteiger partial charge in [-0.25, -0.2) is 0 Å². The van der Waals surface area contributed by atoms with E-state index in [1.54, 1.807) is 63.6 Å². The molecule has 1 aliphatic rings. The molecule has 0 saturated heterocycles. The minimum Gasteiger partial charge on any atom is -0.497 e. The van der Waals surface area contributed by atoms with Crippen molar-refractivity contribution in [2.75, 3.05) is 38.0 Å². The van der Waals surface area contributed by atoms with E-state index >= 15 is 0 Å². The van der Waals surface area contributed by atoms with Crippen LogP contribution in [0, 0.1) is 0 Å². The Morgan fingerprint density at radius 3 is 2.56 bits per heavy atom. The average molecular weight is 477 g/mol. The minimum absolute atomic E-state index is 0.163.